The van der Waals surface area contributed by atoms with E-state index in [4.69, 9.17) is 0 Å². The molecule has 0 amide bonds. The Morgan fingerprint density at radius 3 is 2.88 bits per heavy atom. The summed E-state index contributed by atoms with van der Waals surface area (Å²) in [4.78, 5) is 7.86. The van der Waals surface area contributed by atoms with E-state index in [1.54, 1.807) is 22.6 Å². The molecule has 6 heteroatoms. The lowest BCUT2D eigenvalue weighted by Crippen LogP contribution is -2.31. The van der Waals surface area contributed by atoms with Gasteiger partial charge in [-0.1, -0.05) is 6.07 Å². The van der Waals surface area contributed by atoms with Crippen LogP contribution in [-0.4, -0.2) is 29.2 Å². The zero-order chi connectivity index (χ0) is 16.7. The largest absolute Gasteiger partial charge is 0.364 e. The predicted octanol–water partition coefficient (Wildman–Crippen LogP) is 3.40. The van der Waals surface area contributed by atoms with Gasteiger partial charge in [-0.15, -0.1) is 0 Å². The fourth-order valence-corrected chi connectivity index (χ4v) is 5.39. The van der Waals surface area contributed by atoms with E-state index in [-0.39, 0.29) is 6.04 Å². The fourth-order valence-electron chi connectivity index (χ4n) is 3.53. The molecule has 0 saturated carbocycles. The first-order valence-corrected chi connectivity index (χ1v) is 9.52. The molecule has 4 rings (SSSR count). The van der Waals surface area contributed by atoms with Crippen molar-refractivity contribution in [3.63, 3.8) is 0 Å². The van der Waals surface area contributed by atoms with E-state index in [1.807, 2.05) is 37.4 Å². The van der Waals surface area contributed by atoms with Gasteiger partial charge >= 0.3 is 0 Å². The summed E-state index contributed by atoms with van der Waals surface area (Å²) in [5, 5.41) is 0.689. The van der Waals surface area contributed by atoms with Crippen molar-refractivity contribution >= 4 is 20.9 Å². The second kappa shape index (κ2) is 5.72. The lowest BCUT2D eigenvalue weighted by Gasteiger charge is -2.24. The number of sulfonamides is 1. The van der Waals surface area contributed by atoms with E-state index < -0.39 is 10.0 Å². The third-order valence-corrected chi connectivity index (χ3v) is 6.67. The summed E-state index contributed by atoms with van der Waals surface area (Å²) in [6.07, 6.45) is 5.24. The number of H-pyrrole nitrogens is 1. The molecule has 1 atom stereocenters. The number of nitrogens with zero attached hydrogens (tertiary/aromatic N) is 2. The minimum absolute atomic E-state index is 0.127. The van der Waals surface area contributed by atoms with Crippen molar-refractivity contribution in [1.82, 2.24) is 14.3 Å². The van der Waals surface area contributed by atoms with Crippen LogP contribution in [0, 0.1) is 6.92 Å². The van der Waals surface area contributed by atoms with Gasteiger partial charge in [-0.05, 0) is 55.7 Å². The highest BCUT2D eigenvalue weighted by atomic mass is 32.2. The third kappa shape index (κ3) is 2.34. The number of hydrogen-bond acceptors (Lipinski definition) is 3. The van der Waals surface area contributed by atoms with Crippen molar-refractivity contribution in [2.45, 2.75) is 30.7 Å². The molecule has 1 unspecified atom stereocenters. The number of aryl methyl sites for hydroxylation is 1. The van der Waals surface area contributed by atoms with Crippen LogP contribution in [-0.2, 0) is 10.0 Å². The summed E-state index contributed by atoms with van der Waals surface area (Å²) < 4.78 is 28.3. The zero-order valence-corrected chi connectivity index (χ0v) is 14.3. The van der Waals surface area contributed by atoms with Crippen molar-refractivity contribution in [3.8, 4) is 0 Å². The van der Waals surface area contributed by atoms with Gasteiger partial charge in [-0.3, -0.25) is 4.98 Å². The lowest BCUT2D eigenvalue weighted by molar-refractivity contribution is 0.392. The summed E-state index contributed by atoms with van der Waals surface area (Å²) in [6, 6.07) is 10.9. The van der Waals surface area contributed by atoms with Gasteiger partial charge in [0.2, 0.25) is 10.0 Å². The highest BCUT2D eigenvalue weighted by molar-refractivity contribution is 7.89. The highest BCUT2D eigenvalue weighted by Gasteiger charge is 2.37. The molecule has 0 radical (unpaired) electrons. The van der Waals surface area contributed by atoms with Crippen LogP contribution in [0.1, 0.15) is 30.1 Å². The molecule has 0 spiro atoms. The molecule has 1 aromatic carbocycles. The molecule has 3 aromatic rings. The maximum atomic E-state index is 13.3. The molecule has 2 aromatic heterocycles. The molecule has 1 fully saturated rings. The number of hydrogen-bond donors (Lipinski definition) is 1. The maximum absolute atomic E-state index is 13.3. The van der Waals surface area contributed by atoms with E-state index in [9.17, 15) is 8.42 Å². The molecule has 1 aliphatic heterocycles. The number of benzene rings is 1. The predicted molar refractivity (Wildman–Crippen MR) is 93.1 cm³/mol. The van der Waals surface area contributed by atoms with E-state index in [0.717, 1.165) is 29.6 Å². The average Bonchev–Trinajstić information content (AvgIpc) is 3.26. The number of aromatic nitrogens is 2. The monoisotopic (exact) mass is 341 g/mol. The van der Waals surface area contributed by atoms with E-state index >= 15 is 0 Å². The molecule has 1 N–H and O–H groups in total. The van der Waals surface area contributed by atoms with Crippen molar-refractivity contribution in [3.05, 3.63) is 60.0 Å². The minimum atomic E-state index is -3.58. The van der Waals surface area contributed by atoms with Gasteiger partial charge in [0, 0.05) is 30.0 Å². The Bertz CT molecular complexity index is 981. The van der Waals surface area contributed by atoms with Gasteiger partial charge in [0.05, 0.1) is 16.5 Å². The van der Waals surface area contributed by atoms with E-state index in [1.165, 1.54) is 0 Å². The minimum Gasteiger partial charge on any atom is -0.364 e. The standard InChI is InChI=1S/C18H19N3O2S/c1-13-8-9-17(14-5-2-11-20-18(13)14)24(22,23)21-12-4-7-16(21)15-6-3-10-19-15/h2-3,5-6,8-11,16,19H,4,7,12H2,1H3. The molecular formula is C18H19N3O2S. The van der Waals surface area contributed by atoms with Gasteiger partial charge in [-0.25, -0.2) is 8.42 Å². The third-order valence-electron chi connectivity index (χ3n) is 4.70. The molecule has 24 heavy (non-hydrogen) atoms. The Labute approximate surface area is 141 Å². The summed E-state index contributed by atoms with van der Waals surface area (Å²) >= 11 is 0. The quantitative estimate of drug-likeness (QED) is 0.794. The smallest absolute Gasteiger partial charge is 0.244 e. The Balaban J connectivity index is 1.85. The van der Waals surface area contributed by atoms with Crippen LogP contribution in [0.2, 0.25) is 0 Å². The number of nitrogens with one attached hydrogen (secondary N) is 1. The van der Waals surface area contributed by atoms with Crippen molar-refractivity contribution < 1.29 is 8.42 Å². The van der Waals surface area contributed by atoms with Crippen LogP contribution in [0.25, 0.3) is 10.9 Å². The van der Waals surface area contributed by atoms with Gasteiger partial charge in [-0.2, -0.15) is 4.31 Å². The lowest BCUT2D eigenvalue weighted by atomic mass is 10.1. The van der Waals surface area contributed by atoms with Crippen LogP contribution < -0.4 is 0 Å². The van der Waals surface area contributed by atoms with E-state index in [2.05, 4.69) is 9.97 Å². The molecule has 3 heterocycles. The van der Waals surface area contributed by atoms with Gasteiger partial charge in [0.25, 0.3) is 0 Å². The highest BCUT2D eigenvalue weighted by Crippen LogP contribution is 2.37. The van der Waals surface area contributed by atoms with Crippen molar-refractivity contribution in [1.29, 1.82) is 0 Å². The first-order valence-electron chi connectivity index (χ1n) is 8.08. The fraction of sp³-hybridized carbons (Fsp3) is 0.278. The zero-order valence-electron chi connectivity index (χ0n) is 13.4. The first kappa shape index (κ1) is 15.4. The number of fused-ring (bicyclic) bond motifs is 1. The molecule has 5 nitrogen and oxygen atoms in total. The van der Waals surface area contributed by atoms with Crippen LogP contribution in [0.15, 0.2) is 53.7 Å². The number of aromatic amines is 1. The number of rotatable bonds is 3. The van der Waals surface area contributed by atoms with Gasteiger partial charge < -0.3 is 4.98 Å². The van der Waals surface area contributed by atoms with Crippen LogP contribution >= 0.6 is 0 Å². The Morgan fingerprint density at radius 1 is 1.21 bits per heavy atom. The Morgan fingerprint density at radius 2 is 2.08 bits per heavy atom. The maximum Gasteiger partial charge on any atom is 0.244 e. The second-order valence-corrected chi connectivity index (χ2v) is 8.04. The van der Waals surface area contributed by atoms with Crippen molar-refractivity contribution in [2.24, 2.45) is 0 Å². The summed E-state index contributed by atoms with van der Waals surface area (Å²) in [5.41, 5.74) is 2.67. The number of pyridine rings is 1. The summed E-state index contributed by atoms with van der Waals surface area (Å²) in [6.45, 7) is 2.49. The summed E-state index contributed by atoms with van der Waals surface area (Å²) in [5.74, 6) is 0. The molecule has 124 valence electrons. The molecular weight excluding hydrogens is 322 g/mol. The first-order chi connectivity index (χ1) is 11.6. The average molecular weight is 341 g/mol. The van der Waals surface area contributed by atoms with Gasteiger partial charge in [0.1, 0.15) is 0 Å². The normalized spacial score (nSPS) is 19.1. The molecule has 1 aliphatic rings. The second-order valence-electron chi connectivity index (χ2n) is 6.18. The van der Waals surface area contributed by atoms with Crippen LogP contribution in [0.4, 0.5) is 0 Å². The molecule has 0 aliphatic carbocycles. The van der Waals surface area contributed by atoms with Crippen LogP contribution in [0.5, 0.6) is 0 Å². The Kier molecular flexibility index (Phi) is 3.66. The SMILES string of the molecule is Cc1ccc(S(=O)(=O)N2CCCC2c2ccc[nH]2)c2cccnc12. The van der Waals surface area contributed by atoms with Crippen molar-refractivity contribution in [2.75, 3.05) is 6.54 Å². The van der Waals surface area contributed by atoms with E-state index in [0.29, 0.717) is 16.8 Å². The summed E-state index contributed by atoms with van der Waals surface area (Å²) in [7, 11) is -3.58. The topological polar surface area (TPSA) is 66.1 Å². The Hall–Kier alpha value is -2.18. The molecule has 0 bridgehead atoms. The van der Waals surface area contributed by atoms with Crippen LogP contribution in [0.3, 0.4) is 0 Å². The van der Waals surface area contributed by atoms with Gasteiger partial charge in [0.15, 0.2) is 0 Å². The molecule has 1 saturated heterocycles.